The van der Waals surface area contributed by atoms with E-state index >= 15 is 0 Å². The molecule has 0 bridgehead atoms. The second-order valence-electron chi connectivity index (χ2n) is 8.41. The van der Waals surface area contributed by atoms with Crippen molar-refractivity contribution in [1.29, 1.82) is 0 Å². The third-order valence-electron chi connectivity index (χ3n) is 6.15. The minimum Gasteiger partial charge on any atom is -0.481 e. The van der Waals surface area contributed by atoms with Crippen molar-refractivity contribution < 1.29 is 17.9 Å². The Hall–Kier alpha value is -2.55. The molecule has 8 nitrogen and oxygen atoms in total. The van der Waals surface area contributed by atoms with Gasteiger partial charge in [0.1, 0.15) is 5.75 Å². The number of rotatable bonds is 5. The number of piperazine rings is 1. The number of nitrogens with zero attached hydrogens (tertiary/aromatic N) is 4. The number of amides is 1. The fraction of sp³-hybridized carbons (Fsp3) is 0.545. The Kier molecular flexibility index (Phi) is 5.96. The zero-order valence-corrected chi connectivity index (χ0v) is 19.1. The molecule has 2 unspecified atom stereocenters. The summed E-state index contributed by atoms with van der Waals surface area (Å²) >= 11 is 0. The minimum absolute atomic E-state index is 0.0104. The Balaban J connectivity index is 1.39. The Morgan fingerprint density at radius 2 is 1.81 bits per heavy atom. The standard InChI is InChI=1S/C22H30N4O4S/c1-16-21(17(2)26(23-16)19-9-14-31(28,29)15-19)24-10-12-25(13-11-24)22(27)18(3)30-20-7-5-4-6-8-20/h4-8,18-19H,9-15H2,1-3H3. The van der Waals surface area contributed by atoms with Crippen molar-refractivity contribution in [3.63, 3.8) is 0 Å². The second-order valence-corrected chi connectivity index (χ2v) is 10.6. The summed E-state index contributed by atoms with van der Waals surface area (Å²) < 4.78 is 31.5. The van der Waals surface area contributed by atoms with E-state index in [0.717, 1.165) is 17.1 Å². The first-order chi connectivity index (χ1) is 14.7. The van der Waals surface area contributed by atoms with Gasteiger partial charge in [0.15, 0.2) is 15.9 Å². The maximum Gasteiger partial charge on any atom is 0.263 e. The van der Waals surface area contributed by atoms with Crippen molar-refractivity contribution >= 4 is 21.4 Å². The van der Waals surface area contributed by atoms with E-state index in [1.54, 1.807) is 6.92 Å². The molecule has 1 aromatic heterocycles. The van der Waals surface area contributed by atoms with E-state index in [9.17, 15) is 13.2 Å². The number of ether oxygens (including phenoxy) is 1. The van der Waals surface area contributed by atoms with Gasteiger partial charge in [-0.2, -0.15) is 5.10 Å². The lowest BCUT2D eigenvalue weighted by Gasteiger charge is -2.37. The lowest BCUT2D eigenvalue weighted by atomic mass is 10.2. The van der Waals surface area contributed by atoms with Gasteiger partial charge >= 0.3 is 0 Å². The first-order valence-electron chi connectivity index (χ1n) is 10.8. The highest BCUT2D eigenvalue weighted by molar-refractivity contribution is 7.91. The molecule has 2 saturated heterocycles. The number of carbonyl (C=O) groups is 1. The summed E-state index contributed by atoms with van der Waals surface area (Å²) in [6, 6.07) is 9.29. The van der Waals surface area contributed by atoms with Crippen molar-refractivity contribution in [2.45, 2.75) is 39.3 Å². The summed E-state index contributed by atoms with van der Waals surface area (Å²) in [7, 11) is -2.97. The molecule has 2 aliphatic rings. The molecular weight excluding hydrogens is 416 g/mol. The third-order valence-corrected chi connectivity index (χ3v) is 7.90. The quantitative estimate of drug-likeness (QED) is 0.698. The van der Waals surface area contributed by atoms with Gasteiger partial charge in [0, 0.05) is 26.2 Å². The van der Waals surface area contributed by atoms with E-state index in [4.69, 9.17) is 4.74 Å². The molecule has 2 aliphatic heterocycles. The Morgan fingerprint density at radius 1 is 1.13 bits per heavy atom. The molecule has 1 aromatic carbocycles. The van der Waals surface area contributed by atoms with Gasteiger partial charge in [0.2, 0.25) is 0 Å². The zero-order chi connectivity index (χ0) is 22.2. The van der Waals surface area contributed by atoms with Crippen molar-refractivity contribution in [2.24, 2.45) is 0 Å². The summed E-state index contributed by atoms with van der Waals surface area (Å²) in [5, 5.41) is 4.67. The third kappa shape index (κ3) is 4.56. The van der Waals surface area contributed by atoms with Crippen molar-refractivity contribution in [3.8, 4) is 5.75 Å². The number of sulfone groups is 1. The number of aromatic nitrogens is 2. The molecule has 168 valence electrons. The molecule has 1 amide bonds. The fourth-order valence-corrected chi connectivity index (χ4v) is 6.29. The van der Waals surface area contributed by atoms with E-state index in [0.29, 0.717) is 38.3 Å². The van der Waals surface area contributed by atoms with Gasteiger partial charge < -0.3 is 14.5 Å². The van der Waals surface area contributed by atoms with Crippen LogP contribution in [-0.2, 0) is 14.6 Å². The fourth-order valence-electron chi connectivity index (χ4n) is 4.60. The lowest BCUT2D eigenvalue weighted by Crippen LogP contribution is -2.52. The van der Waals surface area contributed by atoms with Crippen molar-refractivity contribution in [2.75, 3.05) is 42.6 Å². The van der Waals surface area contributed by atoms with Crippen LogP contribution >= 0.6 is 0 Å². The summed E-state index contributed by atoms with van der Waals surface area (Å²) in [6.07, 6.45) is 0.0789. The van der Waals surface area contributed by atoms with Crippen LogP contribution in [0.2, 0.25) is 0 Å². The van der Waals surface area contributed by atoms with E-state index < -0.39 is 15.9 Å². The molecule has 0 radical (unpaired) electrons. The first-order valence-corrected chi connectivity index (χ1v) is 12.6. The first kappa shape index (κ1) is 21.7. The molecule has 0 spiro atoms. The van der Waals surface area contributed by atoms with E-state index in [1.165, 1.54) is 0 Å². The summed E-state index contributed by atoms with van der Waals surface area (Å²) in [5.41, 5.74) is 2.97. The van der Waals surface area contributed by atoms with Gasteiger partial charge in [-0.3, -0.25) is 9.48 Å². The number of hydrogen-bond donors (Lipinski definition) is 0. The molecule has 3 heterocycles. The number of anilines is 1. The average Bonchev–Trinajstić information content (AvgIpc) is 3.26. The van der Waals surface area contributed by atoms with Gasteiger partial charge in [0.25, 0.3) is 5.91 Å². The number of aryl methyl sites for hydroxylation is 1. The topological polar surface area (TPSA) is 84.7 Å². The second kappa shape index (κ2) is 8.53. The van der Waals surface area contributed by atoms with Crippen LogP contribution < -0.4 is 9.64 Å². The number of para-hydroxylation sites is 1. The molecule has 0 N–H and O–H groups in total. The number of carbonyl (C=O) groups excluding carboxylic acids is 1. The Morgan fingerprint density at radius 3 is 2.42 bits per heavy atom. The minimum atomic E-state index is -2.97. The summed E-state index contributed by atoms with van der Waals surface area (Å²) in [4.78, 5) is 16.9. The van der Waals surface area contributed by atoms with Gasteiger partial charge in [-0.25, -0.2) is 8.42 Å². The number of hydrogen-bond acceptors (Lipinski definition) is 6. The Labute approximate surface area is 183 Å². The molecular formula is C22H30N4O4S. The van der Waals surface area contributed by atoms with E-state index in [2.05, 4.69) is 10.00 Å². The van der Waals surface area contributed by atoms with Gasteiger partial charge in [-0.05, 0) is 39.3 Å². The maximum absolute atomic E-state index is 12.8. The zero-order valence-electron chi connectivity index (χ0n) is 18.3. The van der Waals surface area contributed by atoms with Crippen LogP contribution in [0.15, 0.2) is 30.3 Å². The predicted molar refractivity (Wildman–Crippen MR) is 119 cm³/mol. The van der Waals surface area contributed by atoms with Crippen LogP contribution in [0.4, 0.5) is 5.69 Å². The summed E-state index contributed by atoms with van der Waals surface area (Å²) in [5.74, 6) is 1.07. The molecule has 0 aliphatic carbocycles. The molecule has 2 atom stereocenters. The van der Waals surface area contributed by atoms with Crippen LogP contribution in [0.5, 0.6) is 5.75 Å². The van der Waals surface area contributed by atoms with Crippen molar-refractivity contribution in [1.82, 2.24) is 14.7 Å². The van der Waals surface area contributed by atoms with Crippen LogP contribution in [0.3, 0.4) is 0 Å². The Bertz CT molecular complexity index is 1040. The molecule has 2 fully saturated rings. The molecule has 9 heteroatoms. The highest BCUT2D eigenvalue weighted by Crippen LogP contribution is 2.31. The lowest BCUT2D eigenvalue weighted by molar-refractivity contribution is -0.138. The van der Waals surface area contributed by atoms with E-state index in [-0.39, 0.29) is 23.5 Å². The number of benzene rings is 1. The monoisotopic (exact) mass is 446 g/mol. The molecule has 31 heavy (non-hydrogen) atoms. The van der Waals surface area contributed by atoms with Gasteiger partial charge in [-0.15, -0.1) is 0 Å². The van der Waals surface area contributed by atoms with Gasteiger partial charge in [-0.1, -0.05) is 18.2 Å². The van der Waals surface area contributed by atoms with Crippen molar-refractivity contribution in [3.05, 3.63) is 41.7 Å². The SMILES string of the molecule is Cc1nn(C2CCS(=O)(=O)C2)c(C)c1N1CCN(C(=O)C(C)Oc2ccccc2)CC1. The maximum atomic E-state index is 12.8. The molecule has 0 saturated carbocycles. The van der Waals surface area contributed by atoms with Crippen LogP contribution in [0.25, 0.3) is 0 Å². The van der Waals surface area contributed by atoms with Gasteiger partial charge in [0.05, 0.1) is 34.6 Å². The summed E-state index contributed by atoms with van der Waals surface area (Å²) in [6.45, 7) is 8.41. The predicted octanol–water partition coefficient (Wildman–Crippen LogP) is 1.98. The van der Waals surface area contributed by atoms with E-state index in [1.807, 2.05) is 53.8 Å². The van der Waals surface area contributed by atoms with Crippen LogP contribution in [0.1, 0.15) is 30.8 Å². The largest absolute Gasteiger partial charge is 0.481 e. The normalized spacial score (nSPS) is 21.8. The molecule has 2 aromatic rings. The highest BCUT2D eigenvalue weighted by atomic mass is 32.2. The highest BCUT2D eigenvalue weighted by Gasteiger charge is 2.33. The van der Waals surface area contributed by atoms with Crippen LogP contribution in [0, 0.1) is 13.8 Å². The average molecular weight is 447 g/mol. The van der Waals surface area contributed by atoms with Crippen LogP contribution in [-0.4, -0.2) is 72.8 Å². The molecule has 4 rings (SSSR count). The smallest absolute Gasteiger partial charge is 0.263 e.